The van der Waals surface area contributed by atoms with Crippen molar-refractivity contribution in [2.75, 3.05) is 7.11 Å². The van der Waals surface area contributed by atoms with Crippen molar-refractivity contribution in [3.63, 3.8) is 0 Å². The smallest absolute Gasteiger partial charge is 0.163 e. The molecular formula is C17H18O2. The first kappa shape index (κ1) is 13.3. The maximum absolute atomic E-state index is 11.5. The second-order valence-corrected chi connectivity index (χ2v) is 4.74. The monoisotopic (exact) mass is 254 g/mol. The average molecular weight is 254 g/mol. The van der Waals surface area contributed by atoms with Crippen LogP contribution in [-0.2, 0) is 0 Å². The number of carbonyl (C=O) groups is 1. The Bertz CT molecular complexity index is 607. The van der Waals surface area contributed by atoms with Crippen LogP contribution in [0.4, 0.5) is 0 Å². The van der Waals surface area contributed by atoms with Crippen LogP contribution in [0.3, 0.4) is 0 Å². The molecule has 0 saturated heterocycles. The van der Waals surface area contributed by atoms with E-state index in [0.717, 1.165) is 5.56 Å². The lowest BCUT2D eigenvalue weighted by Crippen LogP contribution is -1.98. The molecule has 0 bridgehead atoms. The van der Waals surface area contributed by atoms with Gasteiger partial charge in [0.25, 0.3) is 0 Å². The Morgan fingerprint density at radius 2 is 1.68 bits per heavy atom. The SMILES string of the molecule is COc1cc(-c2c(C)cccc2C)ccc1C(C)=O. The molecule has 0 radical (unpaired) electrons. The standard InChI is InChI=1S/C17H18O2/c1-11-6-5-7-12(2)17(11)14-8-9-15(13(3)18)16(10-14)19-4/h5-10H,1-4H3. The van der Waals surface area contributed by atoms with Crippen molar-refractivity contribution in [3.05, 3.63) is 53.1 Å². The summed E-state index contributed by atoms with van der Waals surface area (Å²) in [5, 5.41) is 0. The van der Waals surface area contributed by atoms with Crippen molar-refractivity contribution in [3.8, 4) is 16.9 Å². The Labute approximate surface area is 114 Å². The molecular weight excluding hydrogens is 236 g/mol. The zero-order chi connectivity index (χ0) is 14.0. The summed E-state index contributed by atoms with van der Waals surface area (Å²) >= 11 is 0. The highest BCUT2D eigenvalue weighted by molar-refractivity contribution is 5.97. The molecule has 0 aromatic heterocycles. The summed E-state index contributed by atoms with van der Waals surface area (Å²) in [6.45, 7) is 5.73. The van der Waals surface area contributed by atoms with Crippen molar-refractivity contribution < 1.29 is 9.53 Å². The van der Waals surface area contributed by atoms with Crippen LogP contribution < -0.4 is 4.74 Å². The molecule has 0 aliphatic rings. The minimum atomic E-state index is 0.0184. The summed E-state index contributed by atoms with van der Waals surface area (Å²) in [4.78, 5) is 11.5. The third-order valence-corrected chi connectivity index (χ3v) is 3.35. The van der Waals surface area contributed by atoms with E-state index in [0.29, 0.717) is 11.3 Å². The number of ketones is 1. The van der Waals surface area contributed by atoms with E-state index >= 15 is 0 Å². The second kappa shape index (κ2) is 5.27. The number of methoxy groups -OCH3 is 1. The van der Waals surface area contributed by atoms with Crippen molar-refractivity contribution in [2.24, 2.45) is 0 Å². The van der Waals surface area contributed by atoms with E-state index in [1.165, 1.54) is 16.7 Å². The Balaban J connectivity index is 2.61. The third kappa shape index (κ3) is 2.53. The first-order valence-electron chi connectivity index (χ1n) is 6.30. The quantitative estimate of drug-likeness (QED) is 0.768. The minimum absolute atomic E-state index is 0.0184. The number of aryl methyl sites for hydroxylation is 2. The molecule has 0 saturated carbocycles. The zero-order valence-corrected chi connectivity index (χ0v) is 11.8. The number of benzene rings is 2. The van der Waals surface area contributed by atoms with Gasteiger partial charge in [0.1, 0.15) is 5.75 Å². The molecule has 0 aliphatic heterocycles. The molecule has 2 nitrogen and oxygen atoms in total. The highest BCUT2D eigenvalue weighted by atomic mass is 16.5. The summed E-state index contributed by atoms with van der Waals surface area (Å²) in [6, 6.07) is 12.0. The predicted molar refractivity (Wildman–Crippen MR) is 77.9 cm³/mol. The van der Waals surface area contributed by atoms with Crippen molar-refractivity contribution >= 4 is 5.78 Å². The summed E-state index contributed by atoms with van der Waals surface area (Å²) in [7, 11) is 1.59. The number of Topliss-reactive ketones (excluding diaryl/α,β-unsaturated/α-hetero) is 1. The number of hydrogen-bond acceptors (Lipinski definition) is 2. The molecule has 0 fully saturated rings. The number of rotatable bonds is 3. The van der Waals surface area contributed by atoms with Crippen LogP contribution in [0.15, 0.2) is 36.4 Å². The van der Waals surface area contributed by atoms with Gasteiger partial charge in [-0.05, 0) is 55.2 Å². The van der Waals surface area contributed by atoms with Crippen LogP contribution in [-0.4, -0.2) is 12.9 Å². The molecule has 0 N–H and O–H groups in total. The number of ether oxygens (including phenoxy) is 1. The second-order valence-electron chi connectivity index (χ2n) is 4.74. The van der Waals surface area contributed by atoms with Crippen LogP contribution >= 0.6 is 0 Å². The lowest BCUT2D eigenvalue weighted by molar-refractivity contribution is 0.101. The summed E-state index contributed by atoms with van der Waals surface area (Å²) < 4.78 is 5.33. The Hall–Kier alpha value is -2.09. The average Bonchev–Trinajstić information content (AvgIpc) is 2.38. The molecule has 2 aromatic carbocycles. The van der Waals surface area contributed by atoms with E-state index < -0.39 is 0 Å². The van der Waals surface area contributed by atoms with Gasteiger partial charge in [-0.3, -0.25) is 4.79 Å². The molecule has 0 aliphatic carbocycles. The lowest BCUT2D eigenvalue weighted by atomic mass is 9.94. The van der Waals surface area contributed by atoms with E-state index in [4.69, 9.17) is 4.74 Å². The van der Waals surface area contributed by atoms with Gasteiger partial charge in [-0.2, -0.15) is 0 Å². The van der Waals surface area contributed by atoms with E-state index in [1.807, 2.05) is 18.2 Å². The fraction of sp³-hybridized carbons (Fsp3) is 0.235. The Morgan fingerprint density at radius 3 is 2.21 bits per heavy atom. The Morgan fingerprint density at radius 1 is 1.05 bits per heavy atom. The molecule has 0 spiro atoms. The van der Waals surface area contributed by atoms with Gasteiger partial charge in [0, 0.05) is 0 Å². The normalized spacial score (nSPS) is 10.3. The van der Waals surface area contributed by atoms with Crippen molar-refractivity contribution in [1.29, 1.82) is 0 Å². The molecule has 2 heteroatoms. The van der Waals surface area contributed by atoms with Gasteiger partial charge >= 0.3 is 0 Å². The largest absolute Gasteiger partial charge is 0.496 e. The van der Waals surface area contributed by atoms with E-state index in [2.05, 4.69) is 32.0 Å². The highest BCUT2D eigenvalue weighted by Crippen LogP contribution is 2.31. The van der Waals surface area contributed by atoms with E-state index in [9.17, 15) is 4.79 Å². The van der Waals surface area contributed by atoms with E-state index in [-0.39, 0.29) is 5.78 Å². The number of hydrogen-bond donors (Lipinski definition) is 0. The molecule has 98 valence electrons. The number of carbonyl (C=O) groups excluding carboxylic acids is 1. The van der Waals surface area contributed by atoms with Crippen LogP contribution in [0, 0.1) is 13.8 Å². The molecule has 2 rings (SSSR count). The highest BCUT2D eigenvalue weighted by Gasteiger charge is 2.11. The van der Waals surface area contributed by atoms with Crippen LogP contribution in [0.25, 0.3) is 11.1 Å². The van der Waals surface area contributed by atoms with Gasteiger partial charge in [0.2, 0.25) is 0 Å². The summed E-state index contributed by atoms with van der Waals surface area (Å²) in [5.41, 5.74) is 5.35. The fourth-order valence-electron chi connectivity index (χ4n) is 2.41. The van der Waals surface area contributed by atoms with Crippen LogP contribution in [0.5, 0.6) is 5.75 Å². The first-order valence-corrected chi connectivity index (χ1v) is 6.30. The molecule has 19 heavy (non-hydrogen) atoms. The fourth-order valence-corrected chi connectivity index (χ4v) is 2.41. The van der Waals surface area contributed by atoms with Crippen molar-refractivity contribution in [2.45, 2.75) is 20.8 Å². The third-order valence-electron chi connectivity index (χ3n) is 3.35. The minimum Gasteiger partial charge on any atom is -0.496 e. The predicted octanol–water partition coefficient (Wildman–Crippen LogP) is 4.18. The van der Waals surface area contributed by atoms with Gasteiger partial charge in [0.05, 0.1) is 12.7 Å². The van der Waals surface area contributed by atoms with Gasteiger partial charge in [-0.1, -0.05) is 24.3 Å². The van der Waals surface area contributed by atoms with Crippen LogP contribution in [0.2, 0.25) is 0 Å². The lowest BCUT2D eigenvalue weighted by Gasteiger charge is -2.13. The van der Waals surface area contributed by atoms with Gasteiger partial charge in [0.15, 0.2) is 5.78 Å². The van der Waals surface area contributed by atoms with Crippen LogP contribution in [0.1, 0.15) is 28.4 Å². The molecule has 0 atom stereocenters. The van der Waals surface area contributed by atoms with Crippen molar-refractivity contribution in [1.82, 2.24) is 0 Å². The van der Waals surface area contributed by atoms with Gasteiger partial charge in [-0.25, -0.2) is 0 Å². The topological polar surface area (TPSA) is 26.3 Å². The summed E-state index contributed by atoms with van der Waals surface area (Å²) in [6.07, 6.45) is 0. The Kier molecular flexibility index (Phi) is 3.70. The maximum atomic E-state index is 11.5. The molecule has 0 unspecified atom stereocenters. The first-order chi connectivity index (χ1) is 9.04. The maximum Gasteiger partial charge on any atom is 0.163 e. The van der Waals surface area contributed by atoms with Gasteiger partial charge in [-0.15, -0.1) is 0 Å². The van der Waals surface area contributed by atoms with E-state index in [1.54, 1.807) is 14.0 Å². The molecule has 0 amide bonds. The summed E-state index contributed by atoms with van der Waals surface area (Å²) in [5.74, 6) is 0.651. The zero-order valence-electron chi connectivity index (χ0n) is 11.8. The van der Waals surface area contributed by atoms with Gasteiger partial charge < -0.3 is 4.74 Å². The molecule has 0 heterocycles. The molecule has 2 aromatic rings.